The number of rotatable bonds is 5. The number of nitro benzene ring substituents is 1. The van der Waals surface area contributed by atoms with Crippen LogP contribution in [-0.4, -0.2) is 22.3 Å². The van der Waals surface area contributed by atoms with Crippen molar-refractivity contribution in [3.8, 4) is 0 Å². The number of nitrogens with one attached hydrogen (secondary N) is 1. The van der Waals surface area contributed by atoms with E-state index in [0.717, 1.165) is 0 Å². The molecule has 0 aliphatic rings. The summed E-state index contributed by atoms with van der Waals surface area (Å²) >= 11 is 3.04. The molecule has 0 aromatic heterocycles. The summed E-state index contributed by atoms with van der Waals surface area (Å²) in [6.07, 6.45) is -0.0304. The number of carbonyl (C=O) groups excluding carboxylic acids is 2. The number of nitro groups is 1. The van der Waals surface area contributed by atoms with Gasteiger partial charge in [0.25, 0.3) is 11.6 Å². The number of hydrogen-bond acceptors (Lipinski definition) is 4. The molecule has 3 N–H and O–H groups in total. The number of amides is 2. The van der Waals surface area contributed by atoms with Gasteiger partial charge in [-0.1, -0.05) is 0 Å². The molecule has 0 atom stereocenters. The number of halogens is 1. The molecular weight excluding hydrogens is 330 g/mol. The van der Waals surface area contributed by atoms with E-state index in [1.54, 1.807) is 13.8 Å². The van der Waals surface area contributed by atoms with Gasteiger partial charge in [-0.3, -0.25) is 19.7 Å². The van der Waals surface area contributed by atoms with Crippen LogP contribution in [0.1, 0.15) is 30.6 Å². The topological polar surface area (TPSA) is 115 Å². The van der Waals surface area contributed by atoms with Gasteiger partial charge in [-0.05, 0) is 41.9 Å². The Morgan fingerprint density at radius 2 is 2.05 bits per heavy atom. The highest BCUT2D eigenvalue weighted by molar-refractivity contribution is 9.10. The molecule has 0 spiro atoms. The van der Waals surface area contributed by atoms with Gasteiger partial charge in [-0.25, -0.2) is 0 Å². The number of nitrogens with zero attached hydrogens (tertiary/aromatic N) is 1. The molecule has 1 aromatic rings. The van der Waals surface area contributed by atoms with Crippen LogP contribution in [0.5, 0.6) is 0 Å². The summed E-state index contributed by atoms with van der Waals surface area (Å²) in [5.41, 5.74) is 4.20. The summed E-state index contributed by atoms with van der Waals surface area (Å²) in [7, 11) is 0. The van der Waals surface area contributed by atoms with Crippen molar-refractivity contribution in [3.63, 3.8) is 0 Å². The molecule has 108 valence electrons. The van der Waals surface area contributed by atoms with Crippen molar-refractivity contribution in [1.82, 2.24) is 5.32 Å². The minimum absolute atomic E-state index is 0.0304. The number of hydrogen-bond donors (Lipinski definition) is 2. The Bertz CT molecular complexity index is 572. The van der Waals surface area contributed by atoms with Crippen molar-refractivity contribution in [2.75, 3.05) is 0 Å². The predicted molar refractivity (Wildman–Crippen MR) is 76.2 cm³/mol. The zero-order valence-electron chi connectivity index (χ0n) is 11.0. The molecule has 0 fully saturated rings. The molecule has 1 rings (SSSR count). The Kier molecular flexibility index (Phi) is 4.83. The molecule has 20 heavy (non-hydrogen) atoms. The van der Waals surface area contributed by atoms with E-state index in [2.05, 4.69) is 21.2 Å². The van der Waals surface area contributed by atoms with Crippen molar-refractivity contribution in [3.05, 3.63) is 38.3 Å². The average molecular weight is 344 g/mol. The maximum absolute atomic E-state index is 12.0. The van der Waals surface area contributed by atoms with Crippen LogP contribution >= 0.6 is 15.9 Å². The highest BCUT2D eigenvalue weighted by Crippen LogP contribution is 2.25. The van der Waals surface area contributed by atoms with Crippen LogP contribution in [0, 0.1) is 10.1 Å². The maximum Gasteiger partial charge on any atom is 0.284 e. The summed E-state index contributed by atoms with van der Waals surface area (Å²) in [6.45, 7) is 3.28. The normalized spacial score (nSPS) is 10.9. The van der Waals surface area contributed by atoms with Crippen LogP contribution in [-0.2, 0) is 4.79 Å². The van der Waals surface area contributed by atoms with Crippen molar-refractivity contribution >= 4 is 33.4 Å². The van der Waals surface area contributed by atoms with Gasteiger partial charge in [0.1, 0.15) is 0 Å². The van der Waals surface area contributed by atoms with Crippen molar-refractivity contribution in [1.29, 1.82) is 0 Å². The minimum Gasteiger partial charge on any atom is -0.370 e. The number of benzene rings is 1. The molecule has 8 heteroatoms. The van der Waals surface area contributed by atoms with E-state index in [4.69, 9.17) is 5.73 Å². The Balaban J connectivity index is 2.96. The highest BCUT2D eigenvalue weighted by Gasteiger charge is 2.24. The fraction of sp³-hybridized carbons (Fsp3) is 0.333. The fourth-order valence-corrected chi connectivity index (χ4v) is 2.04. The summed E-state index contributed by atoms with van der Waals surface area (Å²) in [5.74, 6) is -1.05. The van der Waals surface area contributed by atoms with E-state index in [9.17, 15) is 19.7 Å². The summed E-state index contributed by atoms with van der Waals surface area (Å²) in [6, 6.07) is 4.04. The van der Waals surface area contributed by atoms with Crippen LogP contribution in [0.15, 0.2) is 22.7 Å². The van der Waals surface area contributed by atoms with E-state index in [1.165, 1.54) is 18.2 Å². The van der Waals surface area contributed by atoms with Crippen molar-refractivity contribution < 1.29 is 14.5 Å². The van der Waals surface area contributed by atoms with Gasteiger partial charge in [0.05, 0.1) is 9.40 Å². The van der Waals surface area contributed by atoms with Crippen molar-refractivity contribution in [2.45, 2.75) is 25.8 Å². The first-order valence-corrected chi connectivity index (χ1v) is 6.46. The van der Waals surface area contributed by atoms with Gasteiger partial charge in [0, 0.05) is 23.6 Å². The van der Waals surface area contributed by atoms with Gasteiger partial charge in [-0.2, -0.15) is 0 Å². The molecule has 0 aliphatic carbocycles. The third-order valence-corrected chi connectivity index (χ3v) is 3.14. The summed E-state index contributed by atoms with van der Waals surface area (Å²) < 4.78 is 0.287. The lowest BCUT2D eigenvalue weighted by Crippen LogP contribution is -2.46. The first-order chi connectivity index (χ1) is 9.12. The first-order valence-electron chi connectivity index (χ1n) is 5.67. The van der Waals surface area contributed by atoms with Gasteiger partial charge in [-0.15, -0.1) is 0 Å². The number of nitrogens with two attached hydrogens (primary N) is 1. The summed E-state index contributed by atoms with van der Waals surface area (Å²) in [4.78, 5) is 33.1. The van der Waals surface area contributed by atoms with E-state index in [-0.39, 0.29) is 22.1 Å². The molecule has 2 amide bonds. The summed E-state index contributed by atoms with van der Waals surface area (Å²) in [5, 5.41) is 13.4. The number of primary amides is 1. The monoisotopic (exact) mass is 343 g/mol. The number of carbonyl (C=O) groups is 2. The third kappa shape index (κ3) is 4.30. The lowest BCUT2D eigenvalue weighted by Gasteiger charge is -2.24. The van der Waals surface area contributed by atoms with E-state index in [0.29, 0.717) is 0 Å². The van der Waals surface area contributed by atoms with E-state index >= 15 is 0 Å². The van der Waals surface area contributed by atoms with Gasteiger partial charge in [0.15, 0.2) is 0 Å². The van der Waals surface area contributed by atoms with Crippen LogP contribution < -0.4 is 11.1 Å². The second-order valence-corrected chi connectivity index (χ2v) is 5.76. The Hall–Kier alpha value is -1.96. The fourth-order valence-electron chi connectivity index (χ4n) is 1.65. The zero-order valence-corrected chi connectivity index (χ0v) is 12.6. The second kappa shape index (κ2) is 6.00. The van der Waals surface area contributed by atoms with Crippen LogP contribution in [0.3, 0.4) is 0 Å². The average Bonchev–Trinajstić information content (AvgIpc) is 2.26. The van der Waals surface area contributed by atoms with Crippen LogP contribution in [0.2, 0.25) is 0 Å². The molecule has 0 heterocycles. The van der Waals surface area contributed by atoms with Crippen LogP contribution in [0.4, 0.5) is 5.69 Å². The van der Waals surface area contributed by atoms with Gasteiger partial charge < -0.3 is 11.1 Å². The molecule has 1 aromatic carbocycles. The van der Waals surface area contributed by atoms with E-state index < -0.39 is 22.3 Å². The quantitative estimate of drug-likeness (QED) is 0.625. The highest BCUT2D eigenvalue weighted by atomic mass is 79.9. The standard InChI is InChI=1S/C12H14BrN3O4/c1-12(2,6-10(14)17)15-11(18)7-3-4-8(13)9(5-7)16(19)20/h3-5H,6H2,1-2H3,(H2,14,17)(H,15,18). The molecule has 0 saturated heterocycles. The maximum atomic E-state index is 12.0. The van der Waals surface area contributed by atoms with E-state index in [1.807, 2.05) is 0 Å². The molecule has 0 aliphatic heterocycles. The largest absolute Gasteiger partial charge is 0.370 e. The molecular formula is C12H14BrN3O4. The minimum atomic E-state index is -0.829. The Morgan fingerprint density at radius 3 is 2.55 bits per heavy atom. The SMILES string of the molecule is CC(C)(CC(N)=O)NC(=O)c1ccc(Br)c([N+](=O)[O-])c1. The van der Waals surface area contributed by atoms with Crippen molar-refractivity contribution in [2.24, 2.45) is 5.73 Å². The third-order valence-electron chi connectivity index (χ3n) is 2.47. The smallest absolute Gasteiger partial charge is 0.284 e. The molecule has 0 unspecified atom stereocenters. The van der Waals surface area contributed by atoms with Gasteiger partial charge >= 0.3 is 0 Å². The first kappa shape index (κ1) is 16.1. The lowest BCUT2D eigenvalue weighted by atomic mass is 9.99. The molecule has 0 radical (unpaired) electrons. The van der Waals surface area contributed by atoms with Crippen LogP contribution in [0.25, 0.3) is 0 Å². The lowest BCUT2D eigenvalue weighted by molar-refractivity contribution is -0.385. The second-order valence-electron chi connectivity index (χ2n) is 4.90. The molecule has 7 nitrogen and oxygen atoms in total. The Morgan fingerprint density at radius 1 is 1.45 bits per heavy atom. The molecule has 0 bridgehead atoms. The Labute approximate surface area is 123 Å². The predicted octanol–water partition coefficient (Wildman–Crippen LogP) is 1.74. The van der Waals surface area contributed by atoms with Gasteiger partial charge in [0.2, 0.25) is 5.91 Å². The zero-order chi connectivity index (χ0) is 15.5. The molecule has 0 saturated carbocycles.